The molecule has 148 valence electrons. The Morgan fingerprint density at radius 2 is 1.75 bits per heavy atom. The number of hydrogen-bond acceptors (Lipinski definition) is 2. The molecule has 1 fully saturated rings. The average Bonchev–Trinajstić information content (AvgIpc) is 3.19. The highest BCUT2D eigenvalue weighted by molar-refractivity contribution is 6.30. The zero-order valence-corrected chi connectivity index (χ0v) is 17.0. The number of benzene rings is 2. The lowest BCUT2D eigenvalue weighted by Gasteiger charge is -2.30. The number of nitrogens with zero attached hydrogens (tertiary/aromatic N) is 1. The van der Waals surface area contributed by atoms with E-state index in [4.69, 9.17) is 11.6 Å². The molecule has 1 saturated carbocycles. The minimum absolute atomic E-state index is 0.0692. The van der Waals surface area contributed by atoms with Gasteiger partial charge in [-0.1, -0.05) is 66.9 Å². The Balaban J connectivity index is 1.76. The zero-order chi connectivity index (χ0) is 19.9. The summed E-state index contributed by atoms with van der Waals surface area (Å²) in [6, 6.07) is 16.7. The number of rotatable bonds is 7. The first kappa shape index (κ1) is 20.4. The monoisotopic (exact) mass is 398 g/mol. The maximum absolute atomic E-state index is 13.1. The van der Waals surface area contributed by atoms with Gasteiger partial charge in [-0.15, -0.1) is 0 Å². The van der Waals surface area contributed by atoms with Gasteiger partial charge in [0.1, 0.15) is 6.04 Å². The smallest absolute Gasteiger partial charge is 0.242 e. The molecule has 0 aromatic heterocycles. The first-order valence-corrected chi connectivity index (χ1v) is 10.3. The second-order valence-electron chi connectivity index (χ2n) is 7.48. The van der Waals surface area contributed by atoms with Crippen LogP contribution in [-0.4, -0.2) is 28.8 Å². The quantitative estimate of drug-likeness (QED) is 0.753. The van der Waals surface area contributed by atoms with Crippen molar-refractivity contribution in [2.45, 2.75) is 57.7 Å². The molecule has 1 aliphatic rings. The number of carbonyl (C=O) groups is 2. The van der Waals surface area contributed by atoms with Gasteiger partial charge < -0.3 is 10.2 Å². The predicted octanol–water partition coefficient (Wildman–Crippen LogP) is 4.36. The molecular weight excluding hydrogens is 372 g/mol. The SMILES string of the molecule is C[C@H](C(=O)NC1CCCC1)N(Cc1cccc(Cl)c1)C(=O)Cc1ccccc1. The van der Waals surface area contributed by atoms with Gasteiger partial charge in [0.2, 0.25) is 11.8 Å². The van der Waals surface area contributed by atoms with Crippen LogP contribution >= 0.6 is 11.6 Å². The summed E-state index contributed by atoms with van der Waals surface area (Å²) in [5.74, 6) is -0.157. The van der Waals surface area contributed by atoms with Crippen molar-refractivity contribution in [3.05, 3.63) is 70.7 Å². The molecular formula is C23H27ClN2O2. The Bertz CT molecular complexity index is 803. The highest BCUT2D eigenvalue weighted by Crippen LogP contribution is 2.19. The third kappa shape index (κ3) is 5.59. The topological polar surface area (TPSA) is 49.4 Å². The average molecular weight is 399 g/mol. The second kappa shape index (κ2) is 9.74. The van der Waals surface area contributed by atoms with Crippen LogP contribution in [0.4, 0.5) is 0 Å². The van der Waals surface area contributed by atoms with E-state index in [0.717, 1.165) is 36.8 Å². The van der Waals surface area contributed by atoms with Crippen molar-refractivity contribution in [1.29, 1.82) is 0 Å². The molecule has 4 nitrogen and oxygen atoms in total. The Morgan fingerprint density at radius 3 is 2.43 bits per heavy atom. The summed E-state index contributed by atoms with van der Waals surface area (Å²) in [5, 5.41) is 3.74. The summed E-state index contributed by atoms with van der Waals surface area (Å²) in [4.78, 5) is 27.6. The van der Waals surface area contributed by atoms with Crippen molar-refractivity contribution in [1.82, 2.24) is 10.2 Å². The summed E-state index contributed by atoms with van der Waals surface area (Å²) in [6.07, 6.45) is 4.61. The van der Waals surface area contributed by atoms with Crippen molar-refractivity contribution < 1.29 is 9.59 Å². The third-order valence-corrected chi connectivity index (χ3v) is 5.54. The molecule has 3 rings (SSSR count). The van der Waals surface area contributed by atoms with Crippen molar-refractivity contribution in [3.8, 4) is 0 Å². The molecule has 0 heterocycles. The van der Waals surface area contributed by atoms with Crippen LogP contribution in [0.25, 0.3) is 0 Å². The molecule has 1 atom stereocenters. The molecule has 2 amide bonds. The standard InChI is InChI=1S/C23H27ClN2O2/c1-17(23(28)25-21-12-5-6-13-21)26(16-19-10-7-11-20(24)14-19)22(27)15-18-8-3-2-4-9-18/h2-4,7-11,14,17,21H,5-6,12-13,15-16H2,1H3,(H,25,28)/t17-/m1/s1. The maximum Gasteiger partial charge on any atom is 0.242 e. The molecule has 1 N–H and O–H groups in total. The van der Waals surface area contributed by atoms with E-state index in [9.17, 15) is 9.59 Å². The van der Waals surface area contributed by atoms with Crippen LogP contribution in [0.1, 0.15) is 43.7 Å². The van der Waals surface area contributed by atoms with E-state index >= 15 is 0 Å². The van der Waals surface area contributed by atoms with Crippen molar-refractivity contribution in [3.63, 3.8) is 0 Å². The molecule has 0 unspecified atom stereocenters. The van der Waals surface area contributed by atoms with Gasteiger partial charge in [0.05, 0.1) is 6.42 Å². The lowest BCUT2D eigenvalue weighted by molar-refractivity contribution is -0.140. The van der Waals surface area contributed by atoms with Gasteiger partial charge in [-0.3, -0.25) is 9.59 Å². The molecule has 0 aliphatic heterocycles. The normalized spacial score (nSPS) is 15.2. The third-order valence-electron chi connectivity index (χ3n) is 5.31. The van der Waals surface area contributed by atoms with Crippen LogP contribution in [0.5, 0.6) is 0 Å². The minimum Gasteiger partial charge on any atom is -0.352 e. The lowest BCUT2D eigenvalue weighted by Crippen LogP contribution is -2.50. The number of nitrogens with one attached hydrogen (secondary N) is 1. The first-order valence-electron chi connectivity index (χ1n) is 9.91. The predicted molar refractivity (Wildman–Crippen MR) is 112 cm³/mol. The van der Waals surface area contributed by atoms with E-state index in [1.165, 1.54) is 0 Å². The summed E-state index contributed by atoms with van der Waals surface area (Å²) >= 11 is 6.11. The molecule has 28 heavy (non-hydrogen) atoms. The van der Waals surface area contributed by atoms with Gasteiger partial charge in [0.15, 0.2) is 0 Å². The highest BCUT2D eigenvalue weighted by atomic mass is 35.5. The minimum atomic E-state index is -0.546. The van der Waals surface area contributed by atoms with Crippen LogP contribution in [0.2, 0.25) is 5.02 Å². The molecule has 0 spiro atoms. The van der Waals surface area contributed by atoms with Crippen LogP contribution in [0.15, 0.2) is 54.6 Å². The zero-order valence-electron chi connectivity index (χ0n) is 16.2. The van der Waals surface area contributed by atoms with Gasteiger partial charge in [-0.25, -0.2) is 0 Å². The fourth-order valence-corrected chi connectivity index (χ4v) is 3.89. The molecule has 5 heteroatoms. The lowest BCUT2D eigenvalue weighted by atomic mass is 10.1. The van der Waals surface area contributed by atoms with Gasteiger partial charge in [-0.05, 0) is 43.0 Å². The van der Waals surface area contributed by atoms with E-state index < -0.39 is 6.04 Å². The molecule has 0 radical (unpaired) electrons. The highest BCUT2D eigenvalue weighted by Gasteiger charge is 2.28. The summed E-state index contributed by atoms with van der Waals surface area (Å²) in [7, 11) is 0. The summed E-state index contributed by atoms with van der Waals surface area (Å²) in [6.45, 7) is 2.16. The van der Waals surface area contributed by atoms with E-state index in [0.29, 0.717) is 11.6 Å². The Hall–Kier alpha value is -2.33. The second-order valence-corrected chi connectivity index (χ2v) is 7.92. The van der Waals surface area contributed by atoms with E-state index in [-0.39, 0.29) is 24.3 Å². The molecule has 0 bridgehead atoms. The molecule has 2 aromatic carbocycles. The Labute approximate surface area is 171 Å². The summed E-state index contributed by atoms with van der Waals surface area (Å²) < 4.78 is 0. The van der Waals surface area contributed by atoms with Crippen LogP contribution in [-0.2, 0) is 22.6 Å². The molecule has 2 aromatic rings. The first-order chi connectivity index (χ1) is 13.5. The van der Waals surface area contributed by atoms with Gasteiger partial charge >= 0.3 is 0 Å². The Kier molecular flexibility index (Phi) is 7.10. The number of amides is 2. The summed E-state index contributed by atoms with van der Waals surface area (Å²) in [5.41, 5.74) is 1.85. The van der Waals surface area contributed by atoms with Crippen molar-refractivity contribution in [2.24, 2.45) is 0 Å². The van der Waals surface area contributed by atoms with E-state index in [2.05, 4.69) is 5.32 Å². The van der Waals surface area contributed by atoms with Crippen molar-refractivity contribution in [2.75, 3.05) is 0 Å². The Morgan fingerprint density at radius 1 is 1.07 bits per heavy atom. The van der Waals surface area contributed by atoms with Gasteiger partial charge in [0, 0.05) is 17.6 Å². The van der Waals surface area contributed by atoms with E-state index in [1.807, 2.05) is 48.5 Å². The largest absolute Gasteiger partial charge is 0.352 e. The van der Waals surface area contributed by atoms with Crippen LogP contribution in [0, 0.1) is 0 Å². The number of hydrogen-bond donors (Lipinski definition) is 1. The number of carbonyl (C=O) groups excluding carboxylic acids is 2. The van der Waals surface area contributed by atoms with Crippen LogP contribution < -0.4 is 5.32 Å². The van der Waals surface area contributed by atoms with Crippen molar-refractivity contribution >= 4 is 23.4 Å². The number of halogens is 1. The van der Waals surface area contributed by atoms with E-state index in [1.54, 1.807) is 17.9 Å². The molecule has 1 aliphatic carbocycles. The van der Waals surface area contributed by atoms with Gasteiger partial charge in [-0.2, -0.15) is 0 Å². The fourth-order valence-electron chi connectivity index (χ4n) is 3.68. The van der Waals surface area contributed by atoms with Gasteiger partial charge in [0.25, 0.3) is 0 Å². The molecule has 0 saturated heterocycles. The van der Waals surface area contributed by atoms with Crippen LogP contribution in [0.3, 0.4) is 0 Å². The maximum atomic E-state index is 13.1. The fraction of sp³-hybridized carbons (Fsp3) is 0.391.